The van der Waals surface area contributed by atoms with Crippen LogP contribution in [0.25, 0.3) is 10.7 Å². The molecule has 0 spiro atoms. The van der Waals surface area contributed by atoms with E-state index in [1.165, 1.54) is 37.8 Å². The lowest BCUT2D eigenvalue weighted by Crippen LogP contribution is -2.39. The van der Waals surface area contributed by atoms with Gasteiger partial charge in [-0.1, -0.05) is 12.5 Å². The van der Waals surface area contributed by atoms with Gasteiger partial charge in [-0.3, -0.25) is 4.90 Å². The summed E-state index contributed by atoms with van der Waals surface area (Å²) in [6.07, 6.45) is 10.3. The van der Waals surface area contributed by atoms with Crippen LogP contribution in [0.4, 0.5) is 0 Å². The van der Waals surface area contributed by atoms with Gasteiger partial charge >= 0.3 is 0 Å². The van der Waals surface area contributed by atoms with Crippen molar-refractivity contribution in [1.82, 2.24) is 14.9 Å². The Balaban J connectivity index is 1.60. The molecule has 0 N–H and O–H groups in total. The first-order valence-electron chi connectivity index (χ1n) is 8.44. The van der Waals surface area contributed by atoms with Crippen molar-refractivity contribution in [3.63, 3.8) is 0 Å². The Bertz CT molecular complexity index is 570. The number of hydrogen-bond donors (Lipinski definition) is 0. The summed E-state index contributed by atoms with van der Waals surface area (Å²) in [6.45, 7) is 3.01. The van der Waals surface area contributed by atoms with Crippen LogP contribution in [0.2, 0.25) is 0 Å². The molecule has 1 aliphatic heterocycles. The molecule has 1 saturated heterocycles. The predicted molar refractivity (Wildman–Crippen MR) is 94.5 cm³/mol. The van der Waals surface area contributed by atoms with Gasteiger partial charge in [0.05, 0.1) is 4.88 Å². The van der Waals surface area contributed by atoms with Gasteiger partial charge in [-0.05, 0) is 43.7 Å². The SMILES string of the molecule is COCCC[C@@H]1CCCCN1Cc1cnc(-c2cccs2)nc1. The molecule has 0 radical (unpaired) electrons. The van der Waals surface area contributed by atoms with E-state index in [4.69, 9.17) is 4.74 Å². The maximum absolute atomic E-state index is 5.20. The Morgan fingerprint density at radius 2 is 2.17 bits per heavy atom. The first-order chi connectivity index (χ1) is 11.4. The molecule has 124 valence electrons. The monoisotopic (exact) mass is 331 g/mol. The van der Waals surface area contributed by atoms with Crippen LogP contribution in [0.1, 0.15) is 37.7 Å². The second-order valence-corrected chi connectivity index (χ2v) is 7.10. The molecule has 3 heterocycles. The highest BCUT2D eigenvalue weighted by molar-refractivity contribution is 7.13. The van der Waals surface area contributed by atoms with Gasteiger partial charge in [0.15, 0.2) is 5.82 Å². The molecule has 1 atom stereocenters. The van der Waals surface area contributed by atoms with Crippen LogP contribution in [-0.2, 0) is 11.3 Å². The maximum atomic E-state index is 5.20. The molecule has 0 amide bonds. The molecule has 5 heteroatoms. The number of rotatable bonds is 7. The summed E-state index contributed by atoms with van der Waals surface area (Å²) in [5, 5.41) is 2.06. The second-order valence-electron chi connectivity index (χ2n) is 6.15. The number of piperidine rings is 1. The Hall–Kier alpha value is -1.30. The second kappa shape index (κ2) is 8.52. The zero-order valence-electron chi connectivity index (χ0n) is 13.8. The topological polar surface area (TPSA) is 38.2 Å². The van der Waals surface area contributed by atoms with Crippen LogP contribution in [0.15, 0.2) is 29.9 Å². The first kappa shape index (κ1) is 16.6. The Morgan fingerprint density at radius 3 is 2.91 bits per heavy atom. The molecule has 23 heavy (non-hydrogen) atoms. The third-order valence-electron chi connectivity index (χ3n) is 4.47. The first-order valence-corrected chi connectivity index (χ1v) is 9.32. The lowest BCUT2D eigenvalue weighted by Gasteiger charge is -2.35. The Kier molecular flexibility index (Phi) is 6.13. The summed E-state index contributed by atoms with van der Waals surface area (Å²) in [6, 6.07) is 4.78. The summed E-state index contributed by atoms with van der Waals surface area (Å²) in [5.41, 5.74) is 1.21. The number of methoxy groups -OCH3 is 1. The van der Waals surface area contributed by atoms with Crippen LogP contribution < -0.4 is 0 Å². The number of ether oxygens (including phenoxy) is 1. The molecule has 0 bridgehead atoms. The van der Waals surface area contributed by atoms with E-state index in [1.54, 1.807) is 18.4 Å². The Labute approximate surface area is 142 Å². The van der Waals surface area contributed by atoms with Crippen molar-refractivity contribution in [3.8, 4) is 10.7 Å². The van der Waals surface area contributed by atoms with Gasteiger partial charge in [0.1, 0.15) is 0 Å². The van der Waals surface area contributed by atoms with Gasteiger partial charge in [-0.15, -0.1) is 11.3 Å². The van der Waals surface area contributed by atoms with E-state index in [-0.39, 0.29) is 0 Å². The van der Waals surface area contributed by atoms with E-state index >= 15 is 0 Å². The summed E-state index contributed by atoms with van der Waals surface area (Å²) < 4.78 is 5.20. The van der Waals surface area contributed by atoms with E-state index < -0.39 is 0 Å². The van der Waals surface area contributed by atoms with Gasteiger partial charge in [0.2, 0.25) is 0 Å². The largest absolute Gasteiger partial charge is 0.385 e. The summed E-state index contributed by atoms with van der Waals surface area (Å²) in [7, 11) is 1.78. The van der Waals surface area contributed by atoms with E-state index in [9.17, 15) is 0 Å². The van der Waals surface area contributed by atoms with Crippen LogP contribution in [-0.4, -0.2) is 41.2 Å². The quantitative estimate of drug-likeness (QED) is 0.719. The fourth-order valence-corrected chi connectivity index (χ4v) is 3.93. The molecule has 0 saturated carbocycles. The number of hydrogen-bond acceptors (Lipinski definition) is 5. The molecular weight excluding hydrogens is 306 g/mol. The molecule has 0 unspecified atom stereocenters. The Morgan fingerprint density at radius 1 is 1.30 bits per heavy atom. The van der Waals surface area contributed by atoms with E-state index in [0.29, 0.717) is 6.04 Å². The van der Waals surface area contributed by atoms with Gasteiger partial charge in [-0.25, -0.2) is 9.97 Å². The van der Waals surface area contributed by atoms with Crippen molar-refractivity contribution < 1.29 is 4.74 Å². The summed E-state index contributed by atoms with van der Waals surface area (Å²) in [5.74, 6) is 0.832. The van der Waals surface area contributed by atoms with Crippen molar-refractivity contribution in [3.05, 3.63) is 35.5 Å². The molecule has 2 aromatic rings. The van der Waals surface area contributed by atoms with Gasteiger partial charge in [-0.2, -0.15) is 0 Å². The molecule has 4 nitrogen and oxygen atoms in total. The number of likely N-dealkylation sites (tertiary alicyclic amines) is 1. The molecule has 1 fully saturated rings. The van der Waals surface area contributed by atoms with E-state index in [1.807, 2.05) is 18.5 Å². The highest BCUT2D eigenvalue weighted by atomic mass is 32.1. The van der Waals surface area contributed by atoms with Crippen LogP contribution in [0, 0.1) is 0 Å². The molecule has 0 aromatic carbocycles. The average molecular weight is 331 g/mol. The number of aromatic nitrogens is 2. The minimum absolute atomic E-state index is 0.677. The summed E-state index contributed by atoms with van der Waals surface area (Å²) >= 11 is 1.68. The van der Waals surface area contributed by atoms with Gasteiger partial charge in [0, 0.05) is 44.3 Å². The highest BCUT2D eigenvalue weighted by Gasteiger charge is 2.22. The zero-order chi connectivity index (χ0) is 15.9. The standard InChI is InChI=1S/C18H25N3OS/c1-22-10-4-7-16-6-2-3-9-21(16)14-15-12-19-18(20-13-15)17-8-5-11-23-17/h5,8,11-13,16H,2-4,6-7,9-10,14H2,1H3/t16-/m0/s1. The molecular formula is C18H25N3OS. The van der Waals surface area contributed by atoms with Crippen LogP contribution in [0.5, 0.6) is 0 Å². The molecule has 2 aromatic heterocycles. The normalized spacial score (nSPS) is 19.1. The minimum Gasteiger partial charge on any atom is -0.385 e. The van der Waals surface area contributed by atoms with Gasteiger partial charge < -0.3 is 4.74 Å². The molecule has 3 rings (SSSR count). The maximum Gasteiger partial charge on any atom is 0.169 e. The third-order valence-corrected chi connectivity index (χ3v) is 5.33. The van der Waals surface area contributed by atoms with Crippen molar-refractivity contribution in [2.45, 2.75) is 44.7 Å². The smallest absolute Gasteiger partial charge is 0.169 e. The predicted octanol–water partition coefficient (Wildman–Crippen LogP) is 3.99. The summed E-state index contributed by atoms with van der Waals surface area (Å²) in [4.78, 5) is 12.8. The third kappa shape index (κ3) is 4.59. The van der Waals surface area contributed by atoms with Crippen molar-refractivity contribution in [2.24, 2.45) is 0 Å². The van der Waals surface area contributed by atoms with Crippen molar-refractivity contribution in [1.29, 1.82) is 0 Å². The van der Waals surface area contributed by atoms with Gasteiger partial charge in [0.25, 0.3) is 0 Å². The molecule has 0 aliphatic carbocycles. The number of thiophene rings is 1. The molecule has 1 aliphatic rings. The number of nitrogens with zero attached hydrogens (tertiary/aromatic N) is 3. The van der Waals surface area contributed by atoms with Crippen LogP contribution in [0.3, 0.4) is 0 Å². The minimum atomic E-state index is 0.677. The highest BCUT2D eigenvalue weighted by Crippen LogP contribution is 2.24. The average Bonchev–Trinajstić information content (AvgIpc) is 3.12. The zero-order valence-corrected chi connectivity index (χ0v) is 14.6. The van der Waals surface area contributed by atoms with Crippen molar-refractivity contribution in [2.75, 3.05) is 20.3 Å². The fraction of sp³-hybridized carbons (Fsp3) is 0.556. The van der Waals surface area contributed by atoms with E-state index in [2.05, 4.69) is 26.3 Å². The lowest BCUT2D eigenvalue weighted by molar-refractivity contribution is 0.116. The van der Waals surface area contributed by atoms with Crippen LogP contribution >= 0.6 is 11.3 Å². The fourth-order valence-electron chi connectivity index (χ4n) is 3.26. The van der Waals surface area contributed by atoms with E-state index in [0.717, 1.165) is 30.3 Å². The lowest BCUT2D eigenvalue weighted by atomic mass is 9.97. The van der Waals surface area contributed by atoms with Crippen molar-refractivity contribution >= 4 is 11.3 Å².